The average Bonchev–Trinajstić information content (AvgIpc) is 2.85. The number of methoxy groups -OCH3 is 2. The van der Waals surface area contributed by atoms with Crippen molar-refractivity contribution in [2.24, 2.45) is 0 Å². The number of ether oxygens (including phenoxy) is 2. The molecular formula is C24H23F3N2O5S. The van der Waals surface area contributed by atoms with Crippen molar-refractivity contribution in [3.8, 4) is 11.5 Å². The molecule has 0 aliphatic carbocycles. The number of benzene rings is 3. The number of alkyl halides is 3. The predicted molar refractivity (Wildman–Crippen MR) is 124 cm³/mol. The van der Waals surface area contributed by atoms with Crippen LogP contribution in [0.3, 0.4) is 0 Å². The number of carbonyl (C=O) groups is 1. The number of anilines is 1. The van der Waals surface area contributed by atoms with Gasteiger partial charge in [-0.15, -0.1) is 0 Å². The first-order valence-electron chi connectivity index (χ1n) is 10.3. The van der Waals surface area contributed by atoms with Crippen molar-refractivity contribution in [3.05, 3.63) is 83.9 Å². The second kappa shape index (κ2) is 10.7. The molecule has 0 saturated heterocycles. The van der Waals surface area contributed by atoms with Crippen molar-refractivity contribution in [2.45, 2.75) is 17.6 Å². The van der Waals surface area contributed by atoms with E-state index in [1.165, 1.54) is 50.6 Å². The van der Waals surface area contributed by atoms with E-state index in [4.69, 9.17) is 9.47 Å². The molecule has 186 valence electrons. The van der Waals surface area contributed by atoms with Crippen LogP contribution >= 0.6 is 0 Å². The lowest BCUT2D eigenvalue weighted by atomic mass is 10.1. The van der Waals surface area contributed by atoms with Gasteiger partial charge in [-0.1, -0.05) is 30.3 Å². The van der Waals surface area contributed by atoms with E-state index in [0.717, 1.165) is 16.4 Å². The van der Waals surface area contributed by atoms with E-state index in [1.54, 1.807) is 24.3 Å². The van der Waals surface area contributed by atoms with Crippen LogP contribution in [-0.2, 0) is 27.5 Å². The van der Waals surface area contributed by atoms with Crippen LogP contribution < -0.4 is 19.1 Å². The van der Waals surface area contributed by atoms with Gasteiger partial charge in [0, 0.05) is 12.6 Å². The minimum atomic E-state index is -4.52. The molecule has 0 saturated carbocycles. The molecule has 0 spiro atoms. The fourth-order valence-corrected chi connectivity index (χ4v) is 4.70. The lowest BCUT2D eigenvalue weighted by Crippen LogP contribution is -2.40. The van der Waals surface area contributed by atoms with Gasteiger partial charge in [-0.05, 0) is 42.0 Å². The summed E-state index contributed by atoms with van der Waals surface area (Å²) >= 11 is 0. The van der Waals surface area contributed by atoms with E-state index in [0.29, 0.717) is 5.75 Å². The lowest BCUT2D eigenvalue weighted by Gasteiger charge is -2.26. The molecule has 0 aromatic heterocycles. The number of halogens is 3. The third-order valence-electron chi connectivity index (χ3n) is 5.02. The maximum atomic E-state index is 13.5. The number of amides is 1. The van der Waals surface area contributed by atoms with Crippen LogP contribution in [0.4, 0.5) is 18.9 Å². The molecule has 11 heteroatoms. The summed E-state index contributed by atoms with van der Waals surface area (Å²) in [6.45, 7) is -0.878. The topological polar surface area (TPSA) is 84.9 Å². The molecular weight excluding hydrogens is 485 g/mol. The summed E-state index contributed by atoms with van der Waals surface area (Å²) in [6.07, 6.45) is -4.52. The summed E-state index contributed by atoms with van der Waals surface area (Å²) in [4.78, 5) is 12.7. The van der Waals surface area contributed by atoms with Gasteiger partial charge in [0.15, 0.2) is 0 Å². The zero-order chi connectivity index (χ0) is 25.6. The van der Waals surface area contributed by atoms with Crippen molar-refractivity contribution in [1.82, 2.24) is 5.32 Å². The quantitative estimate of drug-likeness (QED) is 0.468. The summed E-state index contributed by atoms with van der Waals surface area (Å²) in [7, 11) is -1.47. The van der Waals surface area contributed by atoms with Crippen LogP contribution in [0.1, 0.15) is 11.1 Å². The average molecular weight is 509 g/mol. The van der Waals surface area contributed by atoms with E-state index < -0.39 is 34.2 Å². The highest BCUT2D eigenvalue weighted by Crippen LogP contribution is 2.35. The van der Waals surface area contributed by atoms with Gasteiger partial charge in [0.1, 0.15) is 18.0 Å². The Labute approximate surface area is 201 Å². The molecule has 3 rings (SSSR count). The Hall–Kier alpha value is -3.73. The van der Waals surface area contributed by atoms with Gasteiger partial charge >= 0.3 is 6.18 Å². The van der Waals surface area contributed by atoms with Crippen LogP contribution in [0.5, 0.6) is 11.5 Å². The zero-order valence-corrected chi connectivity index (χ0v) is 19.7. The molecule has 0 unspecified atom stereocenters. The molecule has 3 aromatic carbocycles. The first-order valence-corrected chi connectivity index (χ1v) is 11.7. The van der Waals surface area contributed by atoms with E-state index in [2.05, 4.69) is 5.32 Å². The van der Waals surface area contributed by atoms with Gasteiger partial charge in [0.05, 0.1) is 30.4 Å². The van der Waals surface area contributed by atoms with Crippen molar-refractivity contribution in [1.29, 1.82) is 0 Å². The van der Waals surface area contributed by atoms with Crippen LogP contribution in [0, 0.1) is 0 Å². The van der Waals surface area contributed by atoms with Gasteiger partial charge in [0.2, 0.25) is 5.91 Å². The fourth-order valence-electron chi connectivity index (χ4n) is 3.26. The summed E-state index contributed by atoms with van der Waals surface area (Å²) in [5, 5.41) is 2.48. The minimum Gasteiger partial charge on any atom is -0.497 e. The number of rotatable bonds is 9. The second-order valence-corrected chi connectivity index (χ2v) is 9.20. The molecule has 0 bridgehead atoms. The zero-order valence-electron chi connectivity index (χ0n) is 18.9. The molecule has 0 radical (unpaired) electrons. The van der Waals surface area contributed by atoms with Gasteiger partial charge < -0.3 is 14.8 Å². The largest absolute Gasteiger partial charge is 0.497 e. The van der Waals surface area contributed by atoms with E-state index >= 15 is 0 Å². The first-order chi connectivity index (χ1) is 16.6. The number of hydrogen-bond acceptors (Lipinski definition) is 5. The van der Waals surface area contributed by atoms with E-state index in [1.807, 2.05) is 0 Å². The Bertz CT molecular complexity index is 1280. The van der Waals surface area contributed by atoms with Crippen LogP contribution in [0.2, 0.25) is 0 Å². The molecule has 0 heterocycles. The Morgan fingerprint density at radius 3 is 2.29 bits per heavy atom. The van der Waals surface area contributed by atoms with Gasteiger partial charge in [-0.2, -0.15) is 13.2 Å². The number of nitrogens with one attached hydrogen (secondary N) is 1. The molecule has 0 fully saturated rings. The monoisotopic (exact) mass is 508 g/mol. The third kappa shape index (κ3) is 6.24. The molecule has 0 atom stereocenters. The second-order valence-electron chi connectivity index (χ2n) is 7.34. The maximum Gasteiger partial charge on any atom is 0.416 e. The summed E-state index contributed by atoms with van der Waals surface area (Å²) in [5.41, 5.74) is -0.576. The summed E-state index contributed by atoms with van der Waals surface area (Å²) < 4.78 is 77.3. The van der Waals surface area contributed by atoms with E-state index in [9.17, 15) is 26.4 Å². The third-order valence-corrected chi connectivity index (χ3v) is 6.79. The summed E-state index contributed by atoms with van der Waals surface area (Å²) in [6, 6.07) is 16.5. The number of nitrogens with zero attached hydrogens (tertiary/aromatic N) is 1. The fraction of sp³-hybridized carbons (Fsp3) is 0.208. The van der Waals surface area contributed by atoms with Gasteiger partial charge in [-0.3, -0.25) is 9.10 Å². The van der Waals surface area contributed by atoms with Crippen molar-refractivity contribution in [2.75, 3.05) is 25.1 Å². The number of hydrogen-bond donors (Lipinski definition) is 1. The Balaban J connectivity index is 1.92. The smallest absolute Gasteiger partial charge is 0.416 e. The SMILES string of the molecule is COc1ccc(OC)c(N(CC(=O)NCc2cccc(C(F)(F)F)c2)S(=O)(=O)c2ccccc2)c1. The number of carbonyl (C=O) groups excluding carboxylic acids is 1. The Morgan fingerprint density at radius 1 is 0.943 bits per heavy atom. The van der Waals surface area contributed by atoms with Crippen molar-refractivity contribution < 1.29 is 35.9 Å². The molecule has 0 aliphatic heterocycles. The van der Waals surface area contributed by atoms with Crippen LogP contribution in [0.25, 0.3) is 0 Å². The number of sulfonamides is 1. The highest BCUT2D eigenvalue weighted by molar-refractivity contribution is 7.92. The molecule has 1 amide bonds. The standard InChI is InChI=1S/C24H23F3N2O5S/c1-33-19-11-12-22(34-2)21(14-19)29(35(31,32)20-9-4-3-5-10-20)16-23(30)28-15-17-7-6-8-18(13-17)24(25,26)27/h3-14H,15-16H2,1-2H3,(H,28,30). The predicted octanol–water partition coefficient (Wildman–Crippen LogP) is 4.23. The minimum absolute atomic E-state index is 0.0597. The molecule has 1 N–H and O–H groups in total. The normalized spacial score (nSPS) is 11.6. The van der Waals surface area contributed by atoms with Crippen molar-refractivity contribution >= 4 is 21.6 Å². The Morgan fingerprint density at radius 2 is 1.66 bits per heavy atom. The van der Waals surface area contributed by atoms with Crippen LogP contribution in [-0.4, -0.2) is 35.1 Å². The molecule has 7 nitrogen and oxygen atoms in total. The molecule has 3 aromatic rings. The first kappa shape index (κ1) is 25.9. The highest BCUT2D eigenvalue weighted by atomic mass is 32.2. The highest BCUT2D eigenvalue weighted by Gasteiger charge is 2.31. The van der Waals surface area contributed by atoms with Gasteiger partial charge in [0.25, 0.3) is 10.0 Å². The van der Waals surface area contributed by atoms with Crippen LogP contribution in [0.15, 0.2) is 77.7 Å². The molecule has 35 heavy (non-hydrogen) atoms. The molecule has 0 aliphatic rings. The lowest BCUT2D eigenvalue weighted by molar-refractivity contribution is -0.137. The van der Waals surface area contributed by atoms with E-state index in [-0.39, 0.29) is 28.4 Å². The Kier molecular flexibility index (Phi) is 7.90. The maximum absolute atomic E-state index is 13.5. The van der Waals surface area contributed by atoms with Gasteiger partial charge in [-0.25, -0.2) is 8.42 Å². The summed E-state index contributed by atoms with van der Waals surface area (Å²) in [5.74, 6) is -0.221. The van der Waals surface area contributed by atoms with Crippen molar-refractivity contribution in [3.63, 3.8) is 0 Å².